The number of rotatable bonds is 2. The van der Waals surface area contributed by atoms with E-state index in [2.05, 4.69) is 15.3 Å². The van der Waals surface area contributed by atoms with E-state index in [0.717, 1.165) is 19.3 Å². The third-order valence-corrected chi connectivity index (χ3v) is 3.49. The van der Waals surface area contributed by atoms with Crippen LogP contribution in [-0.4, -0.2) is 28.8 Å². The van der Waals surface area contributed by atoms with Crippen molar-refractivity contribution in [3.63, 3.8) is 0 Å². The van der Waals surface area contributed by atoms with Crippen LogP contribution >= 0.6 is 0 Å². The number of nitrogens with one attached hydrogen (secondary N) is 1. The number of hydrogen-bond acceptors (Lipinski definition) is 5. The molecule has 0 fully saturated rings. The van der Waals surface area contributed by atoms with Gasteiger partial charge in [-0.05, 0) is 25.7 Å². The van der Waals surface area contributed by atoms with Crippen molar-refractivity contribution in [2.75, 3.05) is 7.05 Å². The van der Waals surface area contributed by atoms with Crippen LogP contribution in [0.15, 0.2) is 11.2 Å². The Hall–Kier alpha value is -2.51. The molecule has 8 nitrogen and oxygen atoms in total. The van der Waals surface area contributed by atoms with Gasteiger partial charge in [0.05, 0.1) is 16.2 Å². The fourth-order valence-electron chi connectivity index (χ4n) is 2.44. The first-order valence-electron chi connectivity index (χ1n) is 6.73. The van der Waals surface area contributed by atoms with Crippen molar-refractivity contribution in [1.82, 2.24) is 10.3 Å². The van der Waals surface area contributed by atoms with Crippen molar-refractivity contribution < 1.29 is 9.72 Å². The minimum absolute atomic E-state index is 0.0766. The molecule has 0 aliphatic heterocycles. The highest BCUT2D eigenvalue weighted by atomic mass is 16.6. The van der Waals surface area contributed by atoms with Crippen molar-refractivity contribution in [2.24, 2.45) is 10.7 Å². The fourth-order valence-corrected chi connectivity index (χ4v) is 2.44. The summed E-state index contributed by atoms with van der Waals surface area (Å²) in [6.07, 6.45) is 5.34. The number of hydrogen-bond donors (Lipinski definition) is 2. The highest BCUT2D eigenvalue weighted by Crippen LogP contribution is 2.30. The first-order chi connectivity index (χ1) is 10.0. The number of aryl methyl sites for hydroxylation is 1. The molecule has 0 aromatic carbocycles. The van der Waals surface area contributed by atoms with Crippen molar-refractivity contribution in [2.45, 2.75) is 32.1 Å². The van der Waals surface area contributed by atoms with E-state index in [0.29, 0.717) is 24.1 Å². The summed E-state index contributed by atoms with van der Waals surface area (Å²) in [5, 5.41) is 13.7. The maximum atomic E-state index is 12.1. The van der Waals surface area contributed by atoms with Crippen molar-refractivity contribution in [3.8, 4) is 0 Å². The second-order valence-corrected chi connectivity index (χ2v) is 4.83. The lowest BCUT2D eigenvalue weighted by atomic mass is 10.0. The number of fused-ring (bicyclic) bond motifs is 1. The molecule has 3 N–H and O–H groups in total. The molecule has 2 rings (SSSR count). The molecule has 1 aromatic rings. The lowest BCUT2D eigenvalue weighted by molar-refractivity contribution is -0.385. The Labute approximate surface area is 121 Å². The van der Waals surface area contributed by atoms with Crippen LogP contribution in [0.3, 0.4) is 0 Å². The Bertz CT molecular complexity index is 612. The average molecular weight is 291 g/mol. The van der Waals surface area contributed by atoms with Gasteiger partial charge in [0, 0.05) is 13.2 Å². The molecule has 1 amide bonds. The van der Waals surface area contributed by atoms with Crippen LogP contribution in [0.25, 0.3) is 0 Å². The second-order valence-electron chi connectivity index (χ2n) is 4.83. The molecule has 0 unspecified atom stereocenters. The number of carbonyl (C=O) groups is 1. The molecule has 0 atom stereocenters. The molecule has 0 radical (unpaired) electrons. The molecule has 0 bridgehead atoms. The maximum absolute atomic E-state index is 12.1. The van der Waals surface area contributed by atoms with Gasteiger partial charge in [-0.25, -0.2) is 0 Å². The Morgan fingerprint density at radius 3 is 2.81 bits per heavy atom. The van der Waals surface area contributed by atoms with Crippen LogP contribution < -0.4 is 11.1 Å². The predicted octanol–water partition coefficient (Wildman–Crippen LogP) is 0.933. The summed E-state index contributed by atoms with van der Waals surface area (Å²) < 4.78 is 0. The van der Waals surface area contributed by atoms with Gasteiger partial charge in [0.2, 0.25) is 0 Å². The van der Waals surface area contributed by atoms with Crippen molar-refractivity contribution in [3.05, 3.63) is 33.1 Å². The largest absolute Gasteiger partial charge is 0.370 e. The predicted molar refractivity (Wildman–Crippen MR) is 77.2 cm³/mol. The Morgan fingerprint density at radius 1 is 1.43 bits per heavy atom. The standard InChI is InChI=1S/C13H17N5O3/c1-15-13(14)17-12(19)9-7-16-10-6-4-2-3-5-8(10)11(9)18(20)21/h7H,2-6H2,1H3,(H3,14,15,17,19). The zero-order valence-electron chi connectivity index (χ0n) is 11.8. The van der Waals surface area contributed by atoms with Gasteiger partial charge in [0.25, 0.3) is 11.6 Å². The minimum atomic E-state index is -0.663. The van der Waals surface area contributed by atoms with Gasteiger partial charge in [0.15, 0.2) is 5.96 Å². The topological polar surface area (TPSA) is 124 Å². The molecule has 0 spiro atoms. The first kappa shape index (κ1) is 14.9. The number of amides is 1. The molecule has 0 saturated carbocycles. The number of carbonyl (C=O) groups excluding carboxylic acids is 1. The number of pyridine rings is 1. The molecule has 112 valence electrons. The molecule has 1 aliphatic carbocycles. The molecular weight excluding hydrogens is 274 g/mol. The van der Waals surface area contributed by atoms with E-state index in [1.165, 1.54) is 13.2 Å². The summed E-state index contributed by atoms with van der Waals surface area (Å²) in [7, 11) is 1.42. The first-order valence-corrected chi connectivity index (χ1v) is 6.73. The molecule has 8 heteroatoms. The smallest absolute Gasteiger partial charge is 0.288 e. The number of guanidine groups is 1. The number of nitrogens with two attached hydrogens (primary N) is 1. The number of aromatic nitrogens is 1. The Kier molecular flexibility index (Phi) is 4.46. The van der Waals surface area contributed by atoms with Gasteiger partial charge in [-0.1, -0.05) is 6.42 Å². The van der Waals surface area contributed by atoms with Crippen LogP contribution in [-0.2, 0) is 12.8 Å². The van der Waals surface area contributed by atoms with E-state index in [9.17, 15) is 14.9 Å². The summed E-state index contributed by atoms with van der Waals surface area (Å²) in [5.41, 5.74) is 6.47. The summed E-state index contributed by atoms with van der Waals surface area (Å²) >= 11 is 0. The summed E-state index contributed by atoms with van der Waals surface area (Å²) in [5.74, 6) is -0.756. The van der Waals surface area contributed by atoms with Gasteiger partial charge in [-0.2, -0.15) is 0 Å². The lowest BCUT2D eigenvalue weighted by Crippen LogP contribution is -2.37. The van der Waals surface area contributed by atoms with Gasteiger partial charge in [0.1, 0.15) is 5.56 Å². The van der Waals surface area contributed by atoms with E-state index in [4.69, 9.17) is 5.73 Å². The van der Waals surface area contributed by atoms with Crippen LogP contribution in [0.4, 0.5) is 5.69 Å². The number of nitrogens with zero attached hydrogens (tertiary/aromatic N) is 3. The Morgan fingerprint density at radius 2 is 2.14 bits per heavy atom. The molecular formula is C13H17N5O3. The third-order valence-electron chi connectivity index (χ3n) is 3.49. The third kappa shape index (κ3) is 3.15. The SMILES string of the molecule is CN=C(N)NC(=O)c1cnc2c(c1[N+](=O)[O-])CCCCC2. The molecule has 0 saturated heterocycles. The van der Waals surface area contributed by atoms with E-state index in [-0.39, 0.29) is 17.2 Å². The van der Waals surface area contributed by atoms with E-state index in [1.807, 2.05) is 0 Å². The second kappa shape index (κ2) is 6.29. The monoisotopic (exact) mass is 291 g/mol. The highest BCUT2D eigenvalue weighted by Gasteiger charge is 2.28. The van der Waals surface area contributed by atoms with E-state index < -0.39 is 10.8 Å². The zero-order chi connectivity index (χ0) is 15.4. The summed E-state index contributed by atoms with van der Waals surface area (Å²) in [6.45, 7) is 0. The summed E-state index contributed by atoms with van der Waals surface area (Å²) in [4.78, 5) is 30.8. The maximum Gasteiger partial charge on any atom is 0.288 e. The highest BCUT2D eigenvalue weighted by molar-refractivity contribution is 6.07. The quantitative estimate of drug-likeness (QED) is 0.276. The van der Waals surface area contributed by atoms with Gasteiger partial charge >= 0.3 is 0 Å². The summed E-state index contributed by atoms with van der Waals surface area (Å²) in [6, 6.07) is 0. The van der Waals surface area contributed by atoms with E-state index >= 15 is 0 Å². The molecule has 1 aliphatic rings. The number of nitro groups is 1. The average Bonchev–Trinajstić information content (AvgIpc) is 2.70. The molecule has 21 heavy (non-hydrogen) atoms. The van der Waals surface area contributed by atoms with Crippen molar-refractivity contribution in [1.29, 1.82) is 0 Å². The van der Waals surface area contributed by atoms with Crippen LogP contribution in [0, 0.1) is 10.1 Å². The minimum Gasteiger partial charge on any atom is -0.370 e. The lowest BCUT2D eigenvalue weighted by Gasteiger charge is -2.10. The van der Waals surface area contributed by atoms with Crippen LogP contribution in [0.5, 0.6) is 0 Å². The zero-order valence-corrected chi connectivity index (χ0v) is 11.8. The normalized spacial score (nSPS) is 15.0. The Balaban J connectivity index is 2.49. The van der Waals surface area contributed by atoms with Crippen LogP contribution in [0.2, 0.25) is 0 Å². The molecule has 1 heterocycles. The van der Waals surface area contributed by atoms with Crippen molar-refractivity contribution >= 4 is 17.6 Å². The number of aliphatic imine (C=N–C) groups is 1. The van der Waals surface area contributed by atoms with Gasteiger partial charge < -0.3 is 5.73 Å². The van der Waals surface area contributed by atoms with Crippen LogP contribution in [0.1, 0.15) is 40.9 Å². The van der Waals surface area contributed by atoms with Gasteiger partial charge in [-0.3, -0.25) is 30.2 Å². The van der Waals surface area contributed by atoms with E-state index in [1.54, 1.807) is 0 Å². The fraction of sp³-hybridized carbons (Fsp3) is 0.462. The van der Waals surface area contributed by atoms with Gasteiger partial charge in [-0.15, -0.1) is 0 Å². The molecule has 1 aromatic heterocycles.